The molecule has 8 N–H and O–H groups in total. The molecule has 4 fully saturated rings. The molecule has 0 heterocycles. The van der Waals surface area contributed by atoms with E-state index in [1.807, 2.05) is 13.0 Å². The summed E-state index contributed by atoms with van der Waals surface area (Å²) in [5.41, 5.74) is 8.21. The van der Waals surface area contributed by atoms with Crippen molar-refractivity contribution in [1.29, 1.82) is 0 Å². The number of aliphatic imine (C=N–C) groups is 1. The van der Waals surface area contributed by atoms with Crippen molar-refractivity contribution in [3.8, 4) is 11.8 Å². The van der Waals surface area contributed by atoms with Crippen molar-refractivity contribution in [2.24, 2.45) is 68.7 Å². The molecule has 0 radical (unpaired) electrons. The van der Waals surface area contributed by atoms with Gasteiger partial charge in [0.2, 0.25) is 0 Å². The summed E-state index contributed by atoms with van der Waals surface area (Å²) < 4.78 is 16.8. The number of benzene rings is 1. The van der Waals surface area contributed by atoms with E-state index in [0.29, 0.717) is 18.4 Å². The van der Waals surface area contributed by atoms with Gasteiger partial charge in [-0.25, -0.2) is 4.39 Å². The van der Waals surface area contributed by atoms with E-state index in [1.165, 1.54) is 13.0 Å². The summed E-state index contributed by atoms with van der Waals surface area (Å²) in [4.78, 5) is 27.8. The van der Waals surface area contributed by atoms with Gasteiger partial charge >= 0.3 is 5.97 Å². The first kappa shape index (κ1) is 35.1. The number of hydrogen-bond donors (Lipinski definition) is 6. The summed E-state index contributed by atoms with van der Waals surface area (Å²) >= 11 is 0. The van der Waals surface area contributed by atoms with Crippen molar-refractivity contribution in [2.45, 2.75) is 96.6 Å². The Bertz CT molecular complexity index is 1490. The Morgan fingerprint density at radius 2 is 1.79 bits per heavy atom. The second-order valence-electron chi connectivity index (χ2n) is 15.2. The van der Waals surface area contributed by atoms with Crippen molar-refractivity contribution in [3.05, 3.63) is 47.5 Å². The quantitative estimate of drug-likeness (QED) is 0.116. The van der Waals surface area contributed by atoms with Crippen LogP contribution in [0.5, 0.6) is 0 Å². The van der Waals surface area contributed by atoms with E-state index in [-0.39, 0.29) is 54.4 Å². The number of aliphatic hydroxyl groups excluding tert-OH is 2. The highest BCUT2D eigenvalue weighted by atomic mass is 19.1. The molecule has 5 rings (SSSR count). The molecule has 256 valence electrons. The molecule has 4 aliphatic rings. The molecular weight excluding hydrogens is 601 g/mol. The minimum atomic E-state index is -2.17. The van der Waals surface area contributed by atoms with Gasteiger partial charge in [0.25, 0.3) is 5.91 Å². The lowest BCUT2D eigenvalue weighted by atomic mass is 9.40. The third kappa shape index (κ3) is 6.11. The summed E-state index contributed by atoms with van der Waals surface area (Å²) in [6.45, 7) is 7.67. The predicted molar refractivity (Wildman–Crippen MR) is 176 cm³/mol. The standard InChI is InChI=1S/C37H50FN3O6/c1-20(10-13-31(44)45)23-11-12-24-32-27(18-30(43)36(23,24)4)35(3)19-29(38)37(47,15-14-22-8-6-5-7-9-22)26(25(35)17-28(32)42)16-21(2)33(46)41-34(39)40/h5-9,16,20,23-30,32,42-43,47H,10-13,17-19H2,1-4H3,(H,44,45)(H4,39,40,41,46). The molecule has 0 aliphatic heterocycles. The van der Waals surface area contributed by atoms with Crippen LogP contribution in [-0.2, 0) is 9.59 Å². The molecule has 0 saturated heterocycles. The molecular formula is C37H50FN3O6. The van der Waals surface area contributed by atoms with E-state index >= 15 is 4.39 Å². The normalized spacial score (nSPS) is 41.7. The van der Waals surface area contributed by atoms with Crippen LogP contribution in [0.2, 0.25) is 0 Å². The van der Waals surface area contributed by atoms with E-state index in [9.17, 15) is 30.0 Å². The van der Waals surface area contributed by atoms with Gasteiger partial charge in [0.05, 0.1) is 12.2 Å². The van der Waals surface area contributed by atoms with Crippen LogP contribution in [-0.4, -0.2) is 62.2 Å². The van der Waals surface area contributed by atoms with Crippen molar-refractivity contribution in [1.82, 2.24) is 0 Å². The van der Waals surface area contributed by atoms with Gasteiger partial charge < -0.3 is 31.9 Å². The number of hydrogen-bond acceptors (Lipinski definition) is 5. The lowest BCUT2D eigenvalue weighted by Crippen LogP contribution is -2.67. The fraction of sp³-hybridized carbons (Fsp3) is 0.649. The third-order valence-electron chi connectivity index (χ3n) is 12.9. The number of nitrogens with zero attached hydrogens (tertiary/aromatic N) is 1. The Kier molecular flexibility index (Phi) is 9.68. The second-order valence-corrected chi connectivity index (χ2v) is 15.2. The molecule has 0 spiro atoms. The molecule has 13 atom stereocenters. The highest BCUT2D eigenvalue weighted by Crippen LogP contribution is 2.70. The van der Waals surface area contributed by atoms with Gasteiger partial charge in [0, 0.05) is 23.5 Å². The lowest BCUT2D eigenvalue weighted by molar-refractivity contribution is -0.232. The van der Waals surface area contributed by atoms with Crippen molar-refractivity contribution < 1.29 is 34.4 Å². The van der Waals surface area contributed by atoms with Gasteiger partial charge in [-0.05, 0) is 104 Å². The minimum absolute atomic E-state index is 0.0225. The molecule has 13 unspecified atom stereocenters. The van der Waals surface area contributed by atoms with Crippen LogP contribution in [0.4, 0.5) is 4.39 Å². The number of aliphatic carboxylic acids is 1. The maximum Gasteiger partial charge on any atom is 0.303 e. The maximum atomic E-state index is 16.8. The number of nitrogens with two attached hydrogens (primary N) is 2. The van der Waals surface area contributed by atoms with Crippen molar-refractivity contribution in [3.63, 3.8) is 0 Å². The van der Waals surface area contributed by atoms with Crippen molar-refractivity contribution >= 4 is 17.8 Å². The fourth-order valence-corrected chi connectivity index (χ4v) is 10.5. The highest BCUT2D eigenvalue weighted by molar-refractivity contribution is 6.01. The zero-order chi connectivity index (χ0) is 34.5. The zero-order valence-electron chi connectivity index (χ0n) is 27.8. The molecule has 4 saturated carbocycles. The second kappa shape index (κ2) is 13.0. The molecule has 1 amide bonds. The van der Waals surface area contributed by atoms with Crippen molar-refractivity contribution in [2.75, 3.05) is 0 Å². The highest BCUT2D eigenvalue weighted by Gasteiger charge is 2.69. The summed E-state index contributed by atoms with van der Waals surface area (Å²) in [5, 5.41) is 45.4. The minimum Gasteiger partial charge on any atom is -0.481 e. The summed E-state index contributed by atoms with van der Waals surface area (Å²) in [5.74, 6) is 2.04. The average Bonchev–Trinajstić information content (AvgIpc) is 3.37. The topological polar surface area (TPSA) is 179 Å². The van der Waals surface area contributed by atoms with Gasteiger partial charge in [-0.1, -0.05) is 56.9 Å². The lowest BCUT2D eigenvalue weighted by Gasteiger charge is -2.66. The molecule has 1 aromatic rings. The Morgan fingerprint density at radius 1 is 1.11 bits per heavy atom. The first-order chi connectivity index (χ1) is 22.0. The largest absolute Gasteiger partial charge is 0.481 e. The van der Waals surface area contributed by atoms with Gasteiger partial charge in [-0.3, -0.25) is 9.59 Å². The summed E-state index contributed by atoms with van der Waals surface area (Å²) in [7, 11) is 0. The average molecular weight is 652 g/mol. The van der Waals surface area contributed by atoms with Gasteiger partial charge in [0.15, 0.2) is 11.6 Å². The zero-order valence-corrected chi connectivity index (χ0v) is 27.8. The number of guanidine groups is 1. The first-order valence-electron chi connectivity index (χ1n) is 16.9. The number of carbonyl (C=O) groups excluding carboxylic acids is 1. The Balaban J connectivity index is 1.55. The van der Waals surface area contributed by atoms with Crippen LogP contribution in [0.15, 0.2) is 47.0 Å². The number of rotatable bonds is 6. The molecule has 1 aromatic carbocycles. The molecule has 47 heavy (non-hydrogen) atoms. The van der Waals surface area contributed by atoms with Crippen LogP contribution in [0.25, 0.3) is 0 Å². The van der Waals surface area contributed by atoms with Crippen LogP contribution >= 0.6 is 0 Å². The number of halogens is 1. The van der Waals surface area contributed by atoms with E-state index in [1.54, 1.807) is 24.3 Å². The number of carboxylic acid groups (broad SMARTS) is 1. The van der Waals surface area contributed by atoms with Crippen LogP contribution < -0.4 is 11.5 Å². The van der Waals surface area contributed by atoms with Crippen LogP contribution in [0.1, 0.15) is 78.2 Å². The Morgan fingerprint density at radius 3 is 2.43 bits per heavy atom. The third-order valence-corrected chi connectivity index (χ3v) is 12.9. The Hall–Kier alpha value is -3.26. The SMILES string of the molecule is CC(=CC1C2CC(O)C3C(CC(O)C4(C)C(C(C)CCC(=O)O)CCC34)C2(C)CC(F)C1(O)C#Cc1ccccc1)C(=O)N=C(N)N. The van der Waals surface area contributed by atoms with Crippen LogP contribution in [0.3, 0.4) is 0 Å². The molecule has 10 heteroatoms. The summed E-state index contributed by atoms with van der Waals surface area (Å²) in [6, 6.07) is 8.97. The predicted octanol–water partition coefficient (Wildman–Crippen LogP) is 3.79. The van der Waals surface area contributed by atoms with Gasteiger partial charge in [0.1, 0.15) is 6.17 Å². The number of aliphatic hydroxyl groups is 3. The van der Waals surface area contributed by atoms with Crippen LogP contribution in [0, 0.1) is 64.1 Å². The van der Waals surface area contributed by atoms with E-state index in [2.05, 4.69) is 30.7 Å². The number of carboxylic acids is 1. The van der Waals surface area contributed by atoms with E-state index in [4.69, 9.17) is 11.5 Å². The fourth-order valence-electron chi connectivity index (χ4n) is 10.5. The number of amides is 1. The Labute approximate surface area is 276 Å². The van der Waals surface area contributed by atoms with E-state index < -0.39 is 64.5 Å². The number of alkyl halides is 1. The first-order valence-corrected chi connectivity index (χ1v) is 16.9. The maximum absolute atomic E-state index is 16.8. The molecule has 9 nitrogen and oxygen atoms in total. The molecule has 0 bridgehead atoms. The number of carbonyl (C=O) groups is 2. The monoisotopic (exact) mass is 651 g/mol. The molecule has 0 aromatic heterocycles. The van der Waals surface area contributed by atoms with Gasteiger partial charge in [-0.15, -0.1) is 0 Å². The number of fused-ring (bicyclic) bond motifs is 5. The van der Waals surface area contributed by atoms with E-state index in [0.717, 1.165) is 12.8 Å². The summed E-state index contributed by atoms with van der Waals surface area (Å²) in [6.07, 6.45) is 0.992. The smallest absolute Gasteiger partial charge is 0.303 e. The molecule has 4 aliphatic carbocycles. The van der Waals surface area contributed by atoms with Gasteiger partial charge in [-0.2, -0.15) is 4.99 Å².